The standard InChI is InChI=1S/C16H18O2/c17-15-11-13(10-12-6-2-1-3-7-12)18-16-9-5-4-8-14(15)16/h4-5,8-9,11-12H,1-3,6-7,10H2. The highest BCUT2D eigenvalue weighted by Gasteiger charge is 2.15. The Hall–Kier alpha value is -1.57. The first kappa shape index (κ1) is 11.5. The van der Waals surface area contributed by atoms with Crippen LogP contribution in [0.25, 0.3) is 11.0 Å². The van der Waals surface area contributed by atoms with Gasteiger partial charge in [-0.25, -0.2) is 0 Å². The molecule has 1 aromatic heterocycles. The van der Waals surface area contributed by atoms with Crippen LogP contribution in [0, 0.1) is 5.92 Å². The second-order valence-electron chi connectivity index (χ2n) is 5.28. The monoisotopic (exact) mass is 242 g/mol. The van der Waals surface area contributed by atoms with Gasteiger partial charge in [0.2, 0.25) is 0 Å². The van der Waals surface area contributed by atoms with E-state index in [1.54, 1.807) is 6.07 Å². The highest BCUT2D eigenvalue weighted by molar-refractivity contribution is 5.76. The molecule has 2 nitrogen and oxygen atoms in total. The molecule has 1 saturated carbocycles. The molecule has 0 amide bonds. The number of hydrogen-bond donors (Lipinski definition) is 0. The zero-order chi connectivity index (χ0) is 12.4. The molecule has 94 valence electrons. The quantitative estimate of drug-likeness (QED) is 0.799. The molecular formula is C16H18O2. The summed E-state index contributed by atoms with van der Waals surface area (Å²) in [5.74, 6) is 1.55. The minimum absolute atomic E-state index is 0.0858. The summed E-state index contributed by atoms with van der Waals surface area (Å²) in [6, 6.07) is 9.17. The van der Waals surface area contributed by atoms with Crippen LogP contribution in [0.15, 0.2) is 39.5 Å². The molecule has 0 atom stereocenters. The minimum Gasteiger partial charge on any atom is -0.461 e. The summed E-state index contributed by atoms with van der Waals surface area (Å²) in [5.41, 5.74) is 0.804. The maximum Gasteiger partial charge on any atom is 0.192 e. The molecule has 0 N–H and O–H groups in total. The maximum absolute atomic E-state index is 12.0. The fourth-order valence-corrected chi connectivity index (χ4v) is 2.93. The molecule has 0 spiro atoms. The summed E-state index contributed by atoms with van der Waals surface area (Å²) in [5, 5.41) is 0.685. The zero-order valence-corrected chi connectivity index (χ0v) is 10.5. The van der Waals surface area contributed by atoms with E-state index in [-0.39, 0.29) is 5.43 Å². The molecule has 1 aromatic carbocycles. The smallest absolute Gasteiger partial charge is 0.192 e. The molecule has 18 heavy (non-hydrogen) atoms. The average molecular weight is 242 g/mol. The molecule has 0 unspecified atom stereocenters. The number of rotatable bonds is 2. The van der Waals surface area contributed by atoms with Crippen LogP contribution in [-0.4, -0.2) is 0 Å². The Morgan fingerprint density at radius 1 is 1.11 bits per heavy atom. The van der Waals surface area contributed by atoms with E-state index in [9.17, 15) is 4.79 Å². The fourth-order valence-electron chi connectivity index (χ4n) is 2.93. The molecule has 0 bridgehead atoms. The van der Waals surface area contributed by atoms with E-state index in [1.165, 1.54) is 32.1 Å². The van der Waals surface area contributed by atoms with Crippen molar-refractivity contribution >= 4 is 11.0 Å². The summed E-state index contributed by atoms with van der Waals surface area (Å²) in [6.07, 6.45) is 7.47. The van der Waals surface area contributed by atoms with Crippen molar-refractivity contribution in [3.63, 3.8) is 0 Å². The minimum atomic E-state index is 0.0858. The van der Waals surface area contributed by atoms with Gasteiger partial charge >= 0.3 is 0 Å². The topological polar surface area (TPSA) is 30.2 Å². The Bertz CT molecular complexity index is 591. The third kappa shape index (κ3) is 2.33. The molecule has 2 heteroatoms. The second kappa shape index (κ2) is 4.97. The molecular weight excluding hydrogens is 224 g/mol. The van der Waals surface area contributed by atoms with Crippen molar-refractivity contribution in [1.29, 1.82) is 0 Å². The van der Waals surface area contributed by atoms with Gasteiger partial charge in [-0.1, -0.05) is 44.2 Å². The van der Waals surface area contributed by atoms with Crippen LogP contribution in [0.5, 0.6) is 0 Å². The van der Waals surface area contributed by atoms with Crippen LogP contribution in [-0.2, 0) is 6.42 Å². The van der Waals surface area contributed by atoms with Gasteiger partial charge in [-0.05, 0) is 18.1 Å². The molecule has 2 aromatic rings. The first-order valence-electron chi connectivity index (χ1n) is 6.85. The van der Waals surface area contributed by atoms with Gasteiger partial charge in [0.05, 0.1) is 5.39 Å². The van der Waals surface area contributed by atoms with Gasteiger partial charge < -0.3 is 4.42 Å². The summed E-state index contributed by atoms with van der Waals surface area (Å²) >= 11 is 0. The normalized spacial score (nSPS) is 17.1. The van der Waals surface area contributed by atoms with Crippen LogP contribution in [0.4, 0.5) is 0 Å². The third-order valence-electron chi connectivity index (χ3n) is 3.90. The number of hydrogen-bond acceptors (Lipinski definition) is 2. The lowest BCUT2D eigenvalue weighted by atomic mass is 9.86. The predicted molar refractivity (Wildman–Crippen MR) is 72.8 cm³/mol. The van der Waals surface area contributed by atoms with Crippen LogP contribution in [0.3, 0.4) is 0 Å². The number of para-hydroxylation sites is 1. The van der Waals surface area contributed by atoms with E-state index >= 15 is 0 Å². The first-order chi connectivity index (χ1) is 8.83. The SMILES string of the molecule is O=c1cc(CC2CCCCC2)oc2ccccc12. The fraction of sp³-hybridized carbons (Fsp3) is 0.438. The van der Waals surface area contributed by atoms with Crippen molar-refractivity contribution in [3.05, 3.63) is 46.3 Å². The molecule has 3 rings (SSSR count). The van der Waals surface area contributed by atoms with E-state index in [1.807, 2.05) is 24.3 Å². The van der Waals surface area contributed by atoms with Crippen molar-refractivity contribution < 1.29 is 4.42 Å². The van der Waals surface area contributed by atoms with Gasteiger partial charge in [-0.15, -0.1) is 0 Å². The van der Waals surface area contributed by atoms with Crippen molar-refractivity contribution in [2.75, 3.05) is 0 Å². The number of fused-ring (bicyclic) bond motifs is 1. The lowest BCUT2D eigenvalue weighted by molar-refractivity contribution is 0.336. The van der Waals surface area contributed by atoms with Gasteiger partial charge in [0.1, 0.15) is 11.3 Å². The van der Waals surface area contributed by atoms with Gasteiger partial charge in [-0.3, -0.25) is 4.79 Å². The first-order valence-corrected chi connectivity index (χ1v) is 6.85. The Labute approximate surface area is 107 Å². The van der Waals surface area contributed by atoms with E-state index in [4.69, 9.17) is 4.42 Å². The van der Waals surface area contributed by atoms with Crippen molar-refractivity contribution in [3.8, 4) is 0 Å². The molecule has 0 radical (unpaired) electrons. The average Bonchev–Trinajstić information content (AvgIpc) is 2.40. The zero-order valence-electron chi connectivity index (χ0n) is 10.5. The van der Waals surface area contributed by atoms with Crippen LogP contribution in [0.2, 0.25) is 0 Å². The predicted octanol–water partition coefficient (Wildman–Crippen LogP) is 3.92. The molecule has 1 aliphatic rings. The highest BCUT2D eigenvalue weighted by Crippen LogP contribution is 2.27. The lowest BCUT2D eigenvalue weighted by Crippen LogP contribution is -2.11. The molecule has 0 saturated heterocycles. The van der Waals surface area contributed by atoms with E-state index in [0.29, 0.717) is 11.3 Å². The van der Waals surface area contributed by atoms with E-state index < -0.39 is 0 Å². The van der Waals surface area contributed by atoms with Gasteiger partial charge in [0.15, 0.2) is 5.43 Å². The van der Waals surface area contributed by atoms with Gasteiger partial charge in [-0.2, -0.15) is 0 Å². The second-order valence-corrected chi connectivity index (χ2v) is 5.28. The summed E-state index contributed by atoms with van der Waals surface area (Å²) in [7, 11) is 0. The summed E-state index contributed by atoms with van der Waals surface area (Å²) < 4.78 is 5.85. The van der Waals surface area contributed by atoms with Crippen molar-refractivity contribution in [2.24, 2.45) is 5.92 Å². The van der Waals surface area contributed by atoms with E-state index in [2.05, 4.69) is 0 Å². The highest BCUT2D eigenvalue weighted by atomic mass is 16.3. The Morgan fingerprint density at radius 3 is 2.72 bits per heavy atom. The Morgan fingerprint density at radius 2 is 1.89 bits per heavy atom. The van der Waals surface area contributed by atoms with Gasteiger partial charge in [0, 0.05) is 12.5 Å². The van der Waals surface area contributed by atoms with Gasteiger partial charge in [0.25, 0.3) is 0 Å². The molecule has 1 fully saturated rings. The molecule has 1 heterocycles. The Kier molecular flexibility index (Phi) is 3.18. The van der Waals surface area contributed by atoms with Crippen LogP contribution < -0.4 is 5.43 Å². The molecule has 1 aliphatic carbocycles. The van der Waals surface area contributed by atoms with Crippen LogP contribution >= 0.6 is 0 Å². The largest absolute Gasteiger partial charge is 0.461 e. The third-order valence-corrected chi connectivity index (χ3v) is 3.90. The molecule has 0 aliphatic heterocycles. The van der Waals surface area contributed by atoms with Crippen molar-refractivity contribution in [2.45, 2.75) is 38.5 Å². The summed E-state index contributed by atoms with van der Waals surface area (Å²) in [6.45, 7) is 0. The van der Waals surface area contributed by atoms with Crippen LogP contribution in [0.1, 0.15) is 37.9 Å². The maximum atomic E-state index is 12.0. The van der Waals surface area contributed by atoms with E-state index in [0.717, 1.165) is 17.8 Å². The number of benzene rings is 1. The summed E-state index contributed by atoms with van der Waals surface area (Å²) in [4.78, 5) is 12.0. The van der Waals surface area contributed by atoms with Crippen molar-refractivity contribution in [1.82, 2.24) is 0 Å². The lowest BCUT2D eigenvalue weighted by Gasteiger charge is -2.20. The Balaban J connectivity index is 1.90.